The van der Waals surface area contributed by atoms with Gasteiger partial charge in [-0.1, -0.05) is 18.2 Å². The van der Waals surface area contributed by atoms with E-state index in [4.69, 9.17) is 4.74 Å². The molecule has 0 aliphatic rings. The van der Waals surface area contributed by atoms with Gasteiger partial charge in [-0.05, 0) is 55.7 Å². The van der Waals surface area contributed by atoms with Gasteiger partial charge in [0.05, 0.1) is 4.90 Å². The molecule has 3 N–H and O–H groups in total. The van der Waals surface area contributed by atoms with E-state index in [-0.39, 0.29) is 30.9 Å². The number of aryl methyl sites for hydroxylation is 2. The molecule has 0 aromatic heterocycles. The molecule has 0 aliphatic carbocycles. The average molecular weight is 437 g/mol. The van der Waals surface area contributed by atoms with E-state index in [2.05, 4.69) is 15.6 Å². The van der Waals surface area contributed by atoms with E-state index in [0.717, 1.165) is 35.4 Å². The average Bonchev–Trinajstić information content (AvgIpc) is 2.69. The molecule has 2 aromatic rings. The second-order valence-electron chi connectivity index (χ2n) is 6.56. The molecule has 0 fully saturated rings. The maximum absolute atomic E-state index is 12.9. The molecule has 2 rings (SSSR count). The second-order valence-corrected chi connectivity index (χ2v) is 8.33. The summed E-state index contributed by atoms with van der Waals surface area (Å²) in [7, 11) is -3.78. The summed E-state index contributed by atoms with van der Waals surface area (Å²) in [5.41, 5.74) is 6.28. The summed E-state index contributed by atoms with van der Waals surface area (Å²) in [6, 6.07) is 10.0. The van der Waals surface area contributed by atoms with Crippen LogP contribution in [0.15, 0.2) is 47.4 Å². The van der Waals surface area contributed by atoms with Gasteiger partial charge in [-0.25, -0.2) is 17.5 Å². The van der Waals surface area contributed by atoms with E-state index in [0.29, 0.717) is 5.75 Å². The lowest BCUT2D eigenvalue weighted by Crippen LogP contribution is -2.44. The Balaban J connectivity index is 1.66. The molecular formula is C20H24FN3O5S. The van der Waals surface area contributed by atoms with E-state index in [9.17, 15) is 22.4 Å². The van der Waals surface area contributed by atoms with Gasteiger partial charge in [-0.2, -0.15) is 0 Å². The molecule has 0 spiro atoms. The fourth-order valence-corrected chi connectivity index (χ4v) is 3.63. The van der Waals surface area contributed by atoms with Crippen molar-refractivity contribution in [3.05, 3.63) is 59.4 Å². The van der Waals surface area contributed by atoms with Gasteiger partial charge >= 0.3 is 0 Å². The third-order valence-electron chi connectivity index (χ3n) is 4.09. The van der Waals surface area contributed by atoms with Crippen molar-refractivity contribution < 1.29 is 27.1 Å². The summed E-state index contributed by atoms with van der Waals surface area (Å²) in [5.74, 6) is -0.918. The molecule has 0 unspecified atom stereocenters. The molecule has 2 amide bonds. The fraction of sp³-hybridized carbons (Fsp3) is 0.300. The number of hydrogen-bond donors (Lipinski definition) is 3. The number of halogens is 1. The SMILES string of the molecule is Cc1cccc(C)c1OCC(=O)NNC(=O)CCCNS(=O)(=O)c1ccc(F)cc1. The van der Waals surface area contributed by atoms with Gasteiger partial charge in [0.2, 0.25) is 15.9 Å². The van der Waals surface area contributed by atoms with E-state index in [1.807, 2.05) is 32.0 Å². The molecule has 2 aromatic carbocycles. The molecule has 162 valence electrons. The first-order chi connectivity index (χ1) is 14.2. The Morgan fingerprint density at radius 3 is 2.20 bits per heavy atom. The van der Waals surface area contributed by atoms with Crippen molar-refractivity contribution >= 4 is 21.8 Å². The highest BCUT2D eigenvalue weighted by atomic mass is 32.2. The molecule has 8 nitrogen and oxygen atoms in total. The van der Waals surface area contributed by atoms with E-state index in [1.165, 1.54) is 0 Å². The number of rotatable bonds is 9. The Bertz CT molecular complexity index is 974. The number of nitrogens with one attached hydrogen (secondary N) is 3. The van der Waals surface area contributed by atoms with Gasteiger partial charge in [0.15, 0.2) is 6.61 Å². The highest BCUT2D eigenvalue weighted by Crippen LogP contribution is 2.21. The van der Waals surface area contributed by atoms with Crippen LogP contribution in [-0.2, 0) is 19.6 Å². The van der Waals surface area contributed by atoms with Gasteiger partial charge in [-0.3, -0.25) is 20.4 Å². The summed E-state index contributed by atoms with van der Waals surface area (Å²) < 4.78 is 44.8. The van der Waals surface area contributed by atoms with Crippen LogP contribution in [0.5, 0.6) is 5.75 Å². The lowest BCUT2D eigenvalue weighted by Gasteiger charge is -2.12. The number of carbonyl (C=O) groups excluding carboxylic acids is 2. The summed E-state index contributed by atoms with van der Waals surface area (Å²) in [6.07, 6.45) is 0.199. The largest absolute Gasteiger partial charge is 0.483 e. The van der Waals surface area contributed by atoms with Crippen LogP contribution in [0.1, 0.15) is 24.0 Å². The van der Waals surface area contributed by atoms with Gasteiger partial charge in [0, 0.05) is 13.0 Å². The number of hydrogen-bond acceptors (Lipinski definition) is 5. The van der Waals surface area contributed by atoms with Crippen LogP contribution in [-0.4, -0.2) is 33.4 Å². The van der Waals surface area contributed by atoms with Crippen molar-refractivity contribution in [1.82, 2.24) is 15.6 Å². The number of para-hydroxylation sites is 1. The van der Waals surface area contributed by atoms with E-state index in [1.54, 1.807) is 0 Å². The van der Waals surface area contributed by atoms with Crippen molar-refractivity contribution in [3.8, 4) is 5.75 Å². The van der Waals surface area contributed by atoms with Crippen LogP contribution in [0.3, 0.4) is 0 Å². The fourth-order valence-electron chi connectivity index (χ4n) is 2.56. The highest BCUT2D eigenvalue weighted by Gasteiger charge is 2.14. The van der Waals surface area contributed by atoms with Crippen molar-refractivity contribution in [2.75, 3.05) is 13.2 Å². The Labute approximate surface area is 174 Å². The number of carbonyl (C=O) groups is 2. The Kier molecular flexibility index (Phi) is 8.31. The van der Waals surface area contributed by atoms with Crippen LogP contribution in [0.25, 0.3) is 0 Å². The van der Waals surface area contributed by atoms with Gasteiger partial charge in [0.25, 0.3) is 5.91 Å². The number of benzene rings is 2. The highest BCUT2D eigenvalue weighted by molar-refractivity contribution is 7.89. The van der Waals surface area contributed by atoms with Gasteiger partial charge in [0.1, 0.15) is 11.6 Å². The van der Waals surface area contributed by atoms with Crippen LogP contribution in [0.4, 0.5) is 4.39 Å². The molecule has 0 bridgehead atoms. The van der Waals surface area contributed by atoms with Crippen molar-refractivity contribution in [1.29, 1.82) is 0 Å². The lowest BCUT2D eigenvalue weighted by atomic mass is 10.1. The summed E-state index contributed by atoms with van der Waals surface area (Å²) >= 11 is 0. The number of hydrazine groups is 1. The van der Waals surface area contributed by atoms with Gasteiger partial charge < -0.3 is 4.74 Å². The Morgan fingerprint density at radius 1 is 0.967 bits per heavy atom. The normalized spacial score (nSPS) is 11.0. The number of sulfonamides is 1. The zero-order valence-corrected chi connectivity index (χ0v) is 17.5. The monoisotopic (exact) mass is 437 g/mol. The zero-order chi connectivity index (χ0) is 22.1. The number of amides is 2. The lowest BCUT2D eigenvalue weighted by molar-refractivity contribution is -0.130. The predicted molar refractivity (Wildman–Crippen MR) is 109 cm³/mol. The van der Waals surface area contributed by atoms with Crippen LogP contribution in [0, 0.1) is 19.7 Å². The molecule has 10 heteroatoms. The maximum Gasteiger partial charge on any atom is 0.276 e. The maximum atomic E-state index is 12.9. The smallest absolute Gasteiger partial charge is 0.276 e. The Morgan fingerprint density at radius 2 is 1.57 bits per heavy atom. The van der Waals surface area contributed by atoms with E-state index < -0.39 is 27.7 Å². The Hall–Kier alpha value is -2.98. The van der Waals surface area contributed by atoms with E-state index >= 15 is 0 Å². The molecule has 0 heterocycles. The van der Waals surface area contributed by atoms with Gasteiger partial charge in [-0.15, -0.1) is 0 Å². The molecule has 0 atom stereocenters. The molecular weight excluding hydrogens is 413 g/mol. The molecule has 0 saturated heterocycles. The van der Waals surface area contributed by atoms with Crippen molar-refractivity contribution in [2.45, 2.75) is 31.6 Å². The second kappa shape index (κ2) is 10.7. The quantitative estimate of drug-likeness (QED) is 0.408. The predicted octanol–water partition coefficient (Wildman–Crippen LogP) is 1.73. The first kappa shape index (κ1) is 23.3. The first-order valence-electron chi connectivity index (χ1n) is 9.21. The number of ether oxygens (including phenoxy) is 1. The molecule has 0 saturated carbocycles. The summed E-state index contributed by atoms with van der Waals surface area (Å²) in [6.45, 7) is 3.48. The summed E-state index contributed by atoms with van der Waals surface area (Å²) in [4.78, 5) is 23.5. The third kappa shape index (κ3) is 7.12. The molecule has 0 aliphatic heterocycles. The minimum atomic E-state index is -3.78. The van der Waals surface area contributed by atoms with Crippen LogP contribution < -0.4 is 20.3 Å². The minimum Gasteiger partial charge on any atom is -0.483 e. The zero-order valence-electron chi connectivity index (χ0n) is 16.7. The van der Waals surface area contributed by atoms with Crippen molar-refractivity contribution in [3.63, 3.8) is 0 Å². The minimum absolute atomic E-state index is 0.00994. The van der Waals surface area contributed by atoms with Crippen LogP contribution >= 0.6 is 0 Å². The standard InChI is InChI=1S/C20H24FN3O5S/c1-14-5-3-6-15(2)20(14)29-13-19(26)24-23-18(25)7-4-12-22-30(27,28)17-10-8-16(21)9-11-17/h3,5-6,8-11,22H,4,7,12-13H2,1-2H3,(H,23,25)(H,24,26). The topological polar surface area (TPSA) is 114 Å². The first-order valence-corrected chi connectivity index (χ1v) is 10.7. The van der Waals surface area contributed by atoms with Crippen LogP contribution in [0.2, 0.25) is 0 Å². The van der Waals surface area contributed by atoms with Crippen molar-refractivity contribution in [2.24, 2.45) is 0 Å². The third-order valence-corrected chi connectivity index (χ3v) is 5.57. The molecule has 30 heavy (non-hydrogen) atoms. The molecule has 0 radical (unpaired) electrons. The summed E-state index contributed by atoms with van der Waals surface area (Å²) in [5, 5.41) is 0.